The van der Waals surface area contributed by atoms with Crippen LogP contribution < -0.4 is 11.4 Å². The van der Waals surface area contributed by atoms with Crippen LogP contribution in [0.2, 0.25) is 0 Å². The summed E-state index contributed by atoms with van der Waals surface area (Å²) in [5.41, 5.74) is 4.99. The van der Waals surface area contributed by atoms with Gasteiger partial charge in [-0.05, 0) is 38.2 Å². The quantitative estimate of drug-likeness (QED) is 0.174. The van der Waals surface area contributed by atoms with Crippen molar-refractivity contribution in [2.45, 2.75) is 109 Å². The van der Waals surface area contributed by atoms with Gasteiger partial charge in [-0.1, -0.05) is 70.4 Å². The average molecular weight is 478 g/mol. The lowest BCUT2D eigenvalue weighted by molar-refractivity contribution is -0.159. The van der Waals surface area contributed by atoms with Crippen molar-refractivity contribution in [3.63, 3.8) is 0 Å². The summed E-state index contributed by atoms with van der Waals surface area (Å²) in [4.78, 5) is 27.5. The molecule has 192 valence electrons. The molecule has 2 atom stereocenters. The maximum Gasteiger partial charge on any atom is 0.351 e. The summed E-state index contributed by atoms with van der Waals surface area (Å²) in [6.45, 7) is 2.44. The first-order chi connectivity index (χ1) is 16.6. The van der Waals surface area contributed by atoms with Gasteiger partial charge in [0.25, 0.3) is 0 Å². The molecule has 8 heteroatoms. The molecular formula is C26H43N3O5. The molecule has 8 nitrogen and oxygen atoms in total. The van der Waals surface area contributed by atoms with Gasteiger partial charge in [0.05, 0.1) is 6.61 Å². The summed E-state index contributed by atoms with van der Waals surface area (Å²) < 4.78 is 17.6. The third-order valence-corrected chi connectivity index (χ3v) is 5.92. The van der Waals surface area contributed by atoms with E-state index >= 15 is 0 Å². The molecule has 1 aromatic rings. The average Bonchev–Trinajstić information content (AvgIpc) is 3.29. The Labute approximate surface area is 203 Å². The molecule has 2 N–H and O–H groups in total. The van der Waals surface area contributed by atoms with Gasteiger partial charge < -0.3 is 19.9 Å². The Morgan fingerprint density at radius 2 is 1.74 bits per heavy atom. The number of hydrogen-bond acceptors (Lipinski definition) is 7. The molecule has 0 unspecified atom stereocenters. The van der Waals surface area contributed by atoms with Crippen LogP contribution in [0.4, 0.5) is 5.82 Å². The largest absolute Gasteiger partial charge is 0.460 e. The fraction of sp³-hybridized carbons (Fsp3) is 0.731. The van der Waals surface area contributed by atoms with E-state index in [1.54, 1.807) is 0 Å². The van der Waals surface area contributed by atoms with Crippen LogP contribution in [-0.4, -0.2) is 35.0 Å². The highest BCUT2D eigenvalue weighted by Crippen LogP contribution is 2.20. The first-order valence-corrected chi connectivity index (χ1v) is 13.0. The van der Waals surface area contributed by atoms with Crippen LogP contribution in [0.15, 0.2) is 29.2 Å². The van der Waals surface area contributed by atoms with Crippen molar-refractivity contribution in [2.24, 2.45) is 0 Å². The van der Waals surface area contributed by atoms with Gasteiger partial charge in [0.15, 0.2) is 12.5 Å². The highest BCUT2D eigenvalue weighted by Gasteiger charge is 2.29. The third kappa shape index (κ3) is 11.8. The van der Waals surface area contributed by atoms with Gasteiger partial charge in [-0.25, -0.2) is 4.79 Å². The van der Waals surface area contributed by atoms with Crippen LogP contribution >= 0.6 is 0 Å². The van der Waals surface area contributed by atoms with E-state index < -0.39 is 18.2 Å². The molecule has 1 fully saturated rings. The monoisotopic (exact) mass is 477 g/mol. The number of nitrogen functional groups attached to an aromatic ring is 1. The standard InChI is InChI=1S/C26H43N3O5/c1-2-3-4-5-6-7-8-9-10-11-12-13-14-15-16-17-24(30)32-21-25-33-20-23(34-25)29-19-18-22(27)28-26(29)31/h12-13,18-19,23,25H,2-11,14-17,20-21H2,1H3,(H2,27,28,31)/t23-,25-/m0/s1. The molecule has 1 aliphatic rings. The third-order valence-electron chi connectivity index (χ3n) is 5.92. The molecule has 2 heterocycles. The number of allylic oxidation sites excluding steroid dienone is 2. The number of ether oxygens (including phenoxy) is 3. The van der Waals surface area contributed by atoms with Crippen molar-refractivity contribution >= 4 is 11.8 Å². The van der Waals surface area contributed by atoms with E-state index in [-0.39, 0.29) is 25.0 Å². The number of esters is 1. The van der Waals surface area contributed by atoms with E-state index in [2.05, 4.69) is 24.1 Å². The molecular weight excluding hydrogens is 434 g/mol. The predicted molar refractivity (Wildman–Crippen MR) is 133 cm³/mol. The Hall–Kier alpha value is -2.19. The summed E-state index contributed by atoms with van der Waals surface area (Å²) in [6, 6.07) is 1.52. The second-order valence-corrected chi connectivity index (χ2v) is 8.91. The van der Waals surface area contributed by atoms with Gasteiger partial charge in [-0.3, -0.25) is 9.36 Å². The molecule has 0 aromatic carbocycles. The van der Waals surface area contributed by atoms with Crippen molar-refractivity contribution in [3.05, 3.63) is 34.9 Å². The van der Waals surface area contributed by atoms with E-state index in [9.17, 15) is 9.59 Å². The van der Waals surface area contributed by atoms with Crippen LogP contribution in [0.25, 0.3) is 0 Å². The Morgan fingerprint density at radius 3 is 2.41 bits per heavy atom. The topological polar surface area (TPSA) is 106 Å². The van der Waals surface area contributed by atoms with Crippen LogP contribution in [0.1, 0.15) is 103 Å². The lowest BCUT2D eigenvalue weighted by Gasteiger charge is -2.13. The highest BCUT2D eigenvalue weighted by molar-refractivity contribution is 5.69. The number of anilines is 1. The van der Waals surface area contributed by atoms with Crippen molar-refractivity contribution in [3.8, 4) is 0 Å². The number of rotatable bonds is 18. The zero-order chi connectivity index (χ0) is 24.4. The molecule has 0 spiro atoms. The maximum absolute atomic E-state index is 11.9. The molecule has 1 saturated heterocycles. The highest BCUT2D eigenvalue weighted by atomic mass is 16.7. The van der Waals surface area contributed by atoms with Gasteiger partial charge in [-0.2, -0.15) is 4.98 Å². The molecule has 1 aromatic heterocycles. The number of hydrogen-bond donors (Lipinski definition) is 1. The summed E-state index contributed by atoms with van der Waals surface area (Å²) >= 11 is 0. The maximum atomic E-state index is 11.9. The fourth-order valence-corrected chi connectivity index (χ4v) is 3.89. The summed E-state index contributed by atoms with van der Waals surface area (Å²) in [7, 11) is 0. The number of nitrogens with zero attached hydrogens (tertiary/aromatic N) is 2. The zero-order valence-electron chi connectivity index (χ0n) is 20.8. The smallest absolute Gasteiger partial charge is 0.351 e. The molecule has 34 heavy (non-hydrogen) atoms. The van der Waals surface area contributed by atoms with Gasteiger partial charge in [0, 0.05) is 12.6 Å². The molecule has 2 rings (SSSR count). The molecule has 0 bridgehead atoms. The molecule has 0 saturated carbocycles. The number of carbonyl (C=O) groups excluding carboxylic acids is 1. The molecule has 1 aliphatic heterocycles. The minimum atomic E-state index is -0.692. The minimum absolute atomic E-state index is 0.00509. The Bertz CT molecular complexity index is 780. The summed E-state index contributed by atoms with van der Waals surface area (Å²) in [5.74, 6) is -0.111. The van der Waals surface area contributed by atoms with Crippen molar-refractivity contribution in [2.75, 3.05) is 18.9 Å². The van der Waals surface area contributed by atoms with Crippen LogP contribution in [0.3, 0.4) is 0 Å². The predicted octanol–water partition coefficient (Wildman–Crippen LogP) is 5.28. The number of unbranched alkanes of at least 4 members (excludes halogenated alkanes) is 11. The van der Waals surface area contributed by atoms with E-state index in [0.29, 0.717) is 6.42 Å². The SMILES string of the molecule is CCCCCCCCCCCC=CCCCCC(=O)OC[C@H]1OC[C@@H](n2ccc(N)nc2=O)O1. The second kappa shape index (κ2) is 17.3. The van der Waals surface area contributed by atoms with Crippen LogP contribution in [0.5, 0.6) is 0 Å². The normalized spacial score (nSPS) is 18.0. The van der Waals surface area contributed by atoms with Crippen LogP contribution in [-0.2, 0) is 19.0 Å². The van der Waals surface area contributed by atoms with E-state index in [1.165, 1.54) is 74.6 Å². The number of nitrogens with two attached hydrogens (primary N) is 1. The number of aromatic nitrogens is 2. The van der Waals surface area contributed by atoms with Gasteiger partial charge in [0.2, 0.25) is 0 Å². The molecule has 0 aliphatic carbocycles. The first kappa shape index (κ1) is 28.1. The molecule has 0 radical (unpaired) electrons. The first-order valence-electron chi connectivity index (χ1n) is 13.0. The summed E-state index contributed by atoms with van der Waals surface area (Å²) in [5, 5.41) is 0. The Morgan fingerprint density at radius 1 is 1.09 bits per heavy atom. The summed E-state index contributed by atoms with van der Waals surface area (Å²) in [6.07, 6.45) is 21.2. The number of carbonyl (C=O) groups is 1. The van der Waals surface area contributed by atoms with Gasteiger partial charge >= 0.3 is 11.7 Å². The lowest BCUT2D eigenvalue weighted by atomic mass is 10.1. The van der Waals surface area contributed by atoms with E-state index in [1.807, 2.05) is 0 Å². The van der Waals surface area contributed by atoms with Gasteiger partial charge in [-0.15, -0.1) is 0 Å². The lowest BCUT2D eigenvalue weighted by Crippen LogP contribution is -2.29. The zero-order valence-corrected chi connectivity index (χ0v) is 20.8. The van der Waals surface area contributed by atoms with Crippen molar-refractivity contribution < 1.29 is 19.0 Å². The second-order valence-electron chi connectivity index (χ2n) is 8.91. The van der Waals surface area contributed by atoms with E-state index in [4.69, 9.17) is 19.9 Å². The van der Waals surface area contributed by atoms with Gasteiger partial charge in [0.1, 0.15) is 12.4 Å². The van der Waals surface area contributed by atoms with Crippen molar-refractivity contribution in [1.29, 1.82) is 0 Å². The van der Waals surface area contributed by atoms with Crippen molar-refractivity contribution in [1.82, 2.24) is 9.55 Å². The Kier molecular flexibility index (Phi) is 14.3. The van der Waals surface area contributed by atoms with E-state index in [0.717, 1.165) is 25.7 Å². The van der Waals surface area contributed by atoms with Crippen LogP contribution in [0, 0.1) is 0 Å². The Balaban J connectivity index is 1.42. The minimum Gasteiger partial charge on any atom is -0.460 e. The fourth-order valence-electron chi connectivity index (χ4n) is 3.89. The molecule has 0 amide bonds.